The van der Waals surface area contributed by atoms with Gasteiger partial charge in [-0.2, -0.15) is 0 Å². The van der Waals surface area contributed by atoms with Crippen LogP contribution in [0.4, 0.5) is 0 Å². The molecule has 112 valence electrons. The van der Waals surface area contributed by atoms with Crippen molar-refractivity contribution in [1.29, 1.82) is 0 Å². The summed E-state index contributed by atoms with van der Waals surface area (Å²) in [5.74, 6) is 0.571. The number of nitrogens with zero attached hydrogens (tertiary/aromatic N) is 1. The molecule has 0 spiro atoms. The quantitative estimate of drug-likeness (QED) is 0.706. The van der Waals surface area contributed by atoms with Crippen molar-refractivity contribution in [2.45, 2.75) is 58.4 Å². The van der Waals surface area contributed by atoms with Gasteiger partial charge in [-0.05, 0) is 38.3 Å². The van der Waals surface area contributed by atoms with E-state index in [4.69, 9.17) is 5.73 Å². The van der Waals surface area contributed by atoms with Crippen molar-refractivity contribution in [3.05, 3.63) is 0 Å². The van der Waals surface area contributed by atoms with E-state index in [-0.39, 0.29) is 11.9 Å². The van der Waals surface area contributed by atoms with E-state index in [0.29, 0.717) is 12.3 Å². The fourth-order valence-electron chi connectivity index (χ4n) is 2.90. The molecule has 1 rings (SSSR count). The maximum Gasteiger partial charge on any atom is 0.220 e. The van der Waals surface area contributed by atoms with Crippen LogP contribution >= 0.6 is 0 Å². The maximum absolute atomic E-state index is 11.9. The van der Waals surface area contributed by atoms with Crippen molar-refractivity contribution in [1.82, 2.24) is 10.2 Å². The van der Waals surface area contributed by atoms with Gasteiger partial charge in [0.25, 0.3) is 0 Å². The third-order valence-electron chi connectivity index (χ3n) is 4.15. The first-order valence-electron chi connectivity index (χ1n) is 7.92. The highest BCUT2D eigenvalue weighted by atomic mass is 16.1. The highest BCUT2D eigenvalue weighted by molar-refractivity contribution is 5.76. The topological polar surface area (TPSA) is 58.4 Å². The molecule has 2 atom stereocenters. The summed E-state index contributed by atoms with van der Waals surface area (Å²) in [6.45, 7) is 8.22. The molecule has 4 heteroatoms. The van der Waals surface area contributed by atoms with Crippen molar-refractivity contribution in [2.24, 2.45) is 11.7 Å². The van der Waals surface area contributed by atoms with Crippen molar-refractivity contribution in [3.8, 4) is 0 Å². The number of hydrogen-bond acceptors (Lipinski definition) is 3. The second kappa shape index (κ2) is 9.32. The molecule has 1 saturated carbocycles. The number of carbonyl (C=O) groups excluding carboxylic acids is 1. The second-order valence-corrected chi connectivity index (χ2v) is 5.70. The van der Waals surface area contributed by atoms with Gasteiger partial charge in [0.2, 0.25) is 5.91 Å². The molecule has 0 saturated heterocycles. The monoisotopic (exact) mass is 269 g/mol. The summed E-state index contributed by atoms with van der Waals surface area (Å²) in [6, 6.07) is 0.228. The van der Waals surface area contributed by atoms with Crippen LogP contribution in [0.5, 0.6) is 0 Å². The first kappa shape index (κ1) is 16.4. The van der Waals surface area contributed by atoms with E-state index in [1.807, 2.05) is 0 Å². The van der Waals surface area contributed by atoms with Gasteiger partial charge in [-0.25, -0.2) is 0 Å². The molecule has 0 aromatic rings. The third-order valence-corrected chi connectivity index (χ3v) is 4.15. The van der Waals surface area contributed by atoms with E-state index in [1.165, 1.54) is 19.3 Å². The van der Waals surface area contributed by atoms with E-state index in [1.54, 1.807) is 0 Å². The Morgan fingerprint density at radius 2 is 2.00 bits per heavy atom. The molecule has 0 radical (unpaired) electrons. The van der Waals surface area contributed by atoms with Crippen LogP contribution in [-0.2, 0) is 4.79 Å². The zero-order valence-electron chi connectivity index (χ0n) is 12.7. The maximum atomic E-state index is 11.9. The van der Waals surface area contributed by atoms with E-state index >= 15 is 0 Å². The standard InChI is InChI=1S/C15H31N3O/c1-3-10-18(4-2)11-9-17-15(19)12-13-7-5-6-8-14(13)16/h13-14H,3-12,16H2,1-2H3,(H,17,19). The van der Waals surface area contributed by atoms with E-state index in [2.05, 4.69) is 24.1 Å². The van der Waals surface area contributed by atoms with Gasteiger partial charge in [-0.3, -0.25) is 4.79 Å². The lowest BCUT2D eigenvalue weighted by Gasteiger charge is -2.28. The SMILES string of the molecule is CCCN(CC)CCNC(=O)CC1CCCCC1N. The molecule has 4 nitrogen and oxygen atoms in total. The molecule has 3 N–H and O–H groups in total. The van der Waals surface area contributed by atoms with Gasteiger partial charge in [-0.15, -0.1) is 0 Å². The molecular weight excluding hydrogens is 238 g/mol. The summed E-state index contributed by atoms with van der Waals surface area (Å²) >= 11 is 0. The summed E-state index contributed by atoms with van der Waals surface area (Å²) < 4.78 is 0. The minimum absolute atomic E-state index is 0.176. The minimum atomic E-state index is 0.176. The molecular formula is C15H31N3O. The summed E-state index contributed by atoms with van der Waals surface area (Å²) in [6.07, 6.45) is 6.43. The van der Waals surface area contributed by atoms with Gasteiger partial charge in [0.15, 0.2) is 0 Å². The van der Waals surface area contributed by atoms with Crippen LogP contribution in [0.1, 0.15) is 52.4 Å². The van der Waals surface area contributed by atoms with Crippen molar-refractivity contribution >= 4 is 5.91 Å². The Balaban J connectivity index is 2.16. The van der Waals surface area contributed by atoms with E-state index < -0.39 is 0 Å². The Labute approximate surface area is 118 Å². The van der Waals surface area contributed by atoms with Gasteiger partial charge in [0.1, 0.15) is 0 Å². The van der Waals surface area contributed by atoms with Crippen LogP contribution in [-0.4, -0.2) is 43.0 Å². The number of nitrogens with one attached hydrogen (secondary N) is 1. The van der Waals surface area contributed by atoms with Crippen molar-refractivity contribution in [3.63, 3.8) is 0 Å². The minimum Gasteiger partial charge on any atom is -0.355 e. The molecule has 1 fully saturated rings. The van der Waals surface area contributed by atoms with Gasteiger partial charge in [0, 0.05) is 25.6 Å². The molecule has 0 aliphatic heterocycles. The van der Waals surface area contributed by atoms with Gasteiger partial charge in [-0.1, -0.05) is 26.7 Å². The number of hydrogen-bond donors (Lipinski definition) is 2. The van der Waals surface area contributed by atoms with Gasteiger partial charge < -0.3 is 16.0 Å². The average Bonchev–Trinajstić information content (AvgIpc) is 2.40. The highest BCUT2D eigenvalue weighted by Gasteiger charge is 2.23. The zero-order chi connectivity index (χ0) is 14.1. The summed E-state index contributed by atoms with van der Waals surface area (Å²) in [7, 11) is 0. The lowest BCUT2D eigenvalue weighted by atomic mass is 9.83. The fourth-order valence-corrected chi connectivity index (χ4v) is 2.90. The summed E-state index contributed by atoms with van der Waals surface area (Å²) in [5.41, 5.74) is 6.08. The molecule has 19 heavy (non-hydrogen) atoms. The molecule has 2 unspecified atom stereocenters. The average molecular weight is 269 g/mol. The number of likely N-dealkylation sites (N-methyl/N-ethyl adjacent to an activating group) is 1. The lowest BCUT2D eigenvalue weighted by Crippen LogP contribution is -2.39. The molecule has 1 aliphatic carbocycles. The number of amides is 1. The Hall–Kier alpha value is -0.610. The van der Waals surface area contributed by atoms with Crippen LogP contribution < -0.4 is 11.1 Å². The van der Waals surface area contributed by atoms with Crippen LogP contribution in [0.3, 0.4) is 0 Å². The van der Waals surface area contributed by atoms with E-state index in [9.17, 15) is 4.79 Å². The Bertz CT molecular complexity index is 258. The first-order chi connectivity index (χ1) is 9.17. The smallest absolute Gasteiger partial charge is 0.220 e. The fraction of sp³-hybridized carbons (Fsp3) is 0.933. The molecule has 0 aromatic heterocycles. The number of carbonyl (C=O) groups is 1. The zero-order valence-corrected chi connectivity index (χ0v) is 12.7. The van der Waals surface area contributed by atoms with Crippen LogP contribution in [0, 0.1) is 5.92 Å². The molecule has 0 heterocycles. The molecule has 1 aliphatic rings. The number of rotatable bonds is 8. The van der Waals surface area contributed by atoms with Gasteiger partial charge >= 0.3 is 0 Å². The van der Waals surface area contributed by atoms with Crippen LogP contribution in [0.25, 0.3) is 0 Å². The largest absolute Gasteiger partial charge is 0.355 e. The Morgan fingerprint density at radius 3 is 2.63 bits per heavy atom. The predicted octanol–water partition coefficient (Wildman–Crippen LogP) is 1.74. The Morgan fingerprint density at radius 1 is 1.26 bits per heavy atom. The summed E-state index contributed by atoms with van der Waals surface area (Å²) in [4.78, 5) is 14.3. The number of nitrogens with two attached hydrogens (primary N) is 1. The van der Waals surface area contributed by atoms with Crippen molar-refractivity contribution in [2.75, 3.05) is 26.2 Å². The highest BCUT2D eigenvalue weighted by Crippen LogP contribution is 2.25. The second-order valence-electron chi connectivity index (χ2n) is 5.70. The van der Waals surface area contributed by atoms with Crippen molar-refractivity contribution < 1.29 is 4.79 Å². The Kier molecular flexibility index (Phi) is 8.07. The lowest BCUT2D eigenvalue weighted by molar-refractivity contribution is -0.122. The predicted molar refractivity (Wildman–Crippen MR) is 80.0 cm³/mol. The van der Waals surface area contributed by atoms with E-state index in [0.717, 1.165) is 39.0 Å². The van der Waals surface area contributed by atoms with Gasteiger partial charge in [0.05, 0.1) is 0 Å². The first-order valence-corrected chi connectivity index (χ1v) is 7.92. The molecule has 0 aromatic carbocycles. The van der Waals surface area contributed by atoms with Crippen LogP contribution in [0.2, 0.25) is 0 Å². The summed E-state index contributed by atoms with van der Waals surface area (Å²) in [5, 5.41) is 3.04. The molecule has 0 bridgehead atoms. The van der Waals surface area contributed by atoms with Crippen LogP contribution in [0.15, 0.2) is 0 Å². The normalized spacial score (nSPS) is 23.6. The molecule has 1 amide bonds. The third kappa shape index (κ3) is 6.39.